The number of nitrogens with one attached hydrogen (secondary N) is 1. The van der Waals surface area contributed by atoms with Crippen molar-refractivity contribution in [3.05, 3.63) is 0 Å². The molecule has 0 spiro atoms. The number of hydrogen-bond donors (Lipinski definition) is 4. The highest BCUT2D eigenvalue weighted by atomic mass is 16.4. The van der Waals surface area contributed by atoms with E-state index in [9.17, 15) is 14.4 Å². The van der Waals surface area contributed by atoms with Gasteiger partial charge < -0.3 is 21.9 Å². The van der Waals surface area contributed by atoms with Gasteiger partial charge in [0.15, 0.2) is 0 Å². The Bertz CT molecular complexity index is 402. The van der Waals surface area contributed by atoms with Gasteiger partial charge in [-0.05, 0) is 45.1 Å². The fourth-order valence-corrected chi connectivity index (χ4v) is 2.69. The molecule has 0 saturated carbocycles. The summed E-state index contributed by atoms with van der Waals surface area (Å²) in [5.74, 6) is -0.615. The summed E-state index contributed by atoms with van der Waals surface area (Å²) in [7, 11) is 0. The highest BCUT2D eigenvalue weighted by molar-refractivity contribution is 5.83. The fourth-order valence-electron chi connectivity index (χ4n) is 2.69. The first kappa shape index (κ1) is 24.5. The topological polar surface area (TPSA) is 136 Å². The maximum Gasteiger partial charge on any atom is 0.303 e. The van der Waals surface area contributed by atoms with Gasteiger partial charge in [0.2, 0.25) is 5.91 Å². The van der Waals surface area contributed by atoms with Crippen LogP contribution >= 0.6 is 0 Å². The standard InChI is InChI=1S/C19H37N3O4/c20-14-8-6-10-16(21)17(23)11-7-9-15-22-18(24)12-4-2-1-3-5-13-19(25)26/h16H,1-15,20-21H2,(H,22,24)(H,25,26)/t16-/m0/s1. The summed E-state index contributed by atoms with van der Waals surface area (Å²) >= 11 is 0. The lowest BCUT2D eigenvalue weighted by Crippen LogP contribution is -2.30. The number of carbonyl (C=O) groups is 3. The molecular weight excluding hydrogens is 334 g/mol. The van der Waals surface area contributed by atoms with E-state index < -0.39 is 5.97 Å². The molecule has 7 heteroatoms. The molecule has 1 atom stereocenters. The molecule has 0 heterocycles. The Morgan fingerprint density at radius 1 is 0.808 bits per heavy atom. The van der Waals surface area contributed by atoms with Gasteiger partial charge in [-0.3, -0.25) is 14.4 Å². The van der Waals surface area contributed by atoms with Crippen molar-refractivity contribution >= 4 is 17.7 Å². The van der Waals surface area contributed by atoms with Gasteiger partial charge in [0.1, 0.15) is 5.78 Å². The number of aliphatic carboxylic acids is 1. The van der Waals surface area contributed by atoms with Crippen LogP contribution < -0.4 is 16.8 Å². The molecule has 6 N–H and O–H groups in total. The molecule has 0 aliphatic carbocycles. The first-order valence-electron chi connectivity index (χ1n) is 9.94. The van der Waals surface area contributed by atoms with Crippen LogP contribution in [0, 0.1) is 0 Å². The van der Waals surface area contributed by atoms with Crippen LogP contribution in [0.4, 0.5) is 0 Å². The molecule has 0 aliphatic rings. The molecule has 7 nitrogen and oxygen atoms in total. The lowest BCUT2D eigenvalue weighted by atomic mass is 10.0. The number of ketones is 1. The predicted molar refractivity (Wildman–Crippen MR) is 103 cm³/mol. The van der Waals surface area contributed by atoms with E-state index >= 15 is 0 Å². The molecule has 0 aromatic rings. The average Bonchev–Trinajstić information content (AvgIpc) is 2.60. The highest BCUT2D eigenvalue weighted by Gasteiger charge is 2.12. The van der Waals surface area contributed by atoms with Crippen LogP contribution in [-0.2, 0) is 14.4 Å². The van der Waals surface area contributed by atoms with Crippen LogP contribution in [0.2, 0.25) is 0 Å². The Labute approximate surface area is 157 Å². The van der Waals surface area contributed by atoms with Crippen molar-refractivity contribution in [3.63, 3.8) is 0 Å². The zero-order valence-electron chi connectivity index (χ0n) is 16.0. The third kappa shape index (κ3) is 16.0. The van der Waals surface area contributed by atoms with Gasteiger partial charge in [-0.2, -0.15) is 0 Å². The summed E-state index contributed by atoms with van der Waals surface area (Å²) in [5.41, 5.74) is 11.3. The molecule has 0 fully saturated rings. The number of carboxylic acids is 1. The number of rotatable bonds is 18. The quantitative estimate of drug-likeness (QED) is 0.272. The molecule has 0 aliphatic heterocycles. The second-order valence-corrected chi connectivity index (χ2v) is 6.83. The van der Waals surface area contributed by atoms with Crippen LogP contribution in [0.25, 0.3) is 0 Å². The van der Waals surface area contributed by atoms with E-state index in [1.54, 1.807) is 0 Å². The van der Waals surface area contributed by atoms with Crippen molar-refractivity contribution < 1.29 is 19.5 Å². The van der Waals surface area contributed by atoms with Gasteiger partial charge in [-0.15, -0.1) is 0 Å². The largest absolute Gasteiger partial charge is 0.481 e. The summed E-state index contributed by atoms with van der Waals surface area (Å²) in [6.45, 7) is 1.22. The zero-order chi connectivity index (χ0) is 19.6. The smallest absolute Gasteiger partial charge is 0.303 e. The summed E-state index contributed by atoms with van der Waals surface area (Å²) in [6, 6.07) is -0.383. The Balaban J connectivity index is 3.45. The number of nitrogens with two attached hydrogens (primary N) is 2. The number of hydrogen-bond acceptors (Lipinski definition) is 5. The van der Waals surface area contributed by atoms with Crippen LogP contribution in [0.3, 0.4) is 0 Å². The molecule has 0 aromatic heterocycles. The van der Waals surface area contributed by atoms with Crippen molar-refractivity contribution in [1.82, 2.24) is 5.32 Å². The van der Waals surface area contributed by atoms with Gasteiger partial charge in [-0.25, -0.2) is 0 Å². The minimum absolute atomic E-state index is 0.0420. The van der Waals surface area contributed by atoms with Crippen molar-refractivity contribution in [1.29, 1.82) is 0 Å². The second-order valence-electron chi connectivity index (χ2n) is 6.83. The number of amides is 1. The van der Waals surface area contributed by atoms with E-state index in [-0.39, 0.29) is 24.2 Å². The van der Waals surface area contributed by atoms with E-state index in [2.05, 4.69) is 5.32 Å². The van der Waals surface area contributed by atoms with Gasteiger partial charge in [0.25, 0.3) is 0 Å². The first-order chi connectivity index (χ1) is 12.5. The average molecular weight is 372 g/mol. The Hall–Kier alpha value is -1.47. The number of Topliss-reactive ketones (excluding diaryl/α,β-unsaturated/α-hetero) is 1. The van der Waals surface area contributed by atoms with Gasteiger partial charge in [0, 0.05) is 25.8 Å². The maximum atomic E-state index is 11.8. The zero-order valence-corrected chi connectivity index (χ0v) is 16.0. The molecular formula is C19H37N3O4. The fraction of sp³-hybridized carbons (Fsp3) is 0.842. The lowest BCUT2D eigenvalue weighted by molar-refractivity contribution is -0.137. The normalized spacial score (nSPS) is 11.9. The van der Waals surface area contributed by atoms with E-state index in [0.717, 1.165) is 51.4 Å². The molecule has 0 radical (unpaired) electrons. The van der Waals surface area contributed by atoms with Gasteiger partial charge >= 0.3 is 5.97 Å². The van der Waals surface area contributed by atoms with Gasteiger partial charge in [-0.1, -0.05) is 25.7 Å². The van der Waals surface area contributed by atoms with Crippen LogP contribution in [0.5, 0.6) is 0 Å². The molecule has 1 amide bonds. The maximum absolute atomic E-state index is 11.8. The minimum Gasteiger partial charge on any atom is -0.481 e. The molecule has 152 valence electrons. The van der Waals surface area contributed by atoms with E-state index in [4.69, 9.17) is 16.6 Å². The summed E-state index contributed by atoms with van der Waals surface area (Å²) in [6.07, 6.45) is 9.55. The monoisotopic (exact) mass is 371 g/mol. The predicted octanol–water partition coefficient (Wildman–Crippen LogP) is 2.11. The Morgan fingerprint density at radius 3 is 2.08 bits per heavy atom. The minimum atomic E-state index is -0.750. The third-order valence-corrected chi connectivity index (χ3v) is 4.35. The molecule has 0 bridgehead atoms. The summed E-state index contributed by atoms with van der Waals surface area (Å²) in [5, 5.41) is 11.4. The van der Waals surface area contributed by atoms with Crippen molar-refractivity contribution in [2.24, 2.45) is 11.5 Å². The summed E-state index contributed by atoms with van der Waals surface area (Å²) < 4.78 is 0. The molecule has 0 saturated heterocycles. The SMILES string of the molecule is NCCCC[C@H](N)C(=O)CCCCNC(=O)CCCCCCCC(=O)O. The van der Waals surface area contributed by atoms with Crippen molar-refractivity contribution in [2.45, 2.75) is 89.5 Å². The Kier molecular flexibility index (Phi) is 16.0. The molecule has 0 aromatic carbocycles. The van der Waals surface area contributed by atoms with E-state index in [1.807, 2.05) is 0 Å². The van der Waals surface area contributed by atoms with Crippen LogP contribution in [-0.4, -0.2) is 41.9 Å². The summed E-state index contributed by atoms with van der Waals surface area (Å²) in [4.78, 5) is 33.9. The van der Waals surface area contributed by atoms with Crippen molar-refractivity contribution in [2.75, 3.05) is 13.1 Å². The molecule has 26 heavy (non-hydrogen) atoms. The second kappa shape index (κ2) is 17.0. The highest BCUT2D eigenvalue weighted by Crippen LogP contribution is 2.07. The number of carbonyl (C=O) groups excluding carboxylic acids is 2. The first-order valence-corrected chi connectivity index (χ1v) is 9.94. The Morgan fingerprint density at radius 2 is 1.42 bits per heavy atom. The molecule has 0 rings (SSSR count). The molecule has 0 unspecified atom stereocenters. The number of carboxylic acid groups (broad SMARTS) is 1. The third-order valence-electron chi connectivity index (χ3n) is 4.35. The van der Waals surface area contributed by atoms with Gasteiger partial charge in [0.05, 0.1) is 6.04 Å². The van der Waals surface area contributed by atoms with E-state index in [0.29, 0.717) is 38.8 Å². The van der Waals surface area contributed by atoms with Crippen molar-refractivity contribution in [3.8, 4) is 0 Å². The van der Waals surface area contributed by atoms with Crippen LogP contribution in [0.1, 0.15) is 83.5 Å². The van der Waals surface area contributed by atoms with Crippen LogP contribution in [0.15, 0.2) is 0 Å². The lowest BCUT2D eigenvalue weighted by Gasteiger charge is -2.10. The number of unbranched alkanes of at least 4 members (excludes halogenated alkanes) is 6. The van der Waals surface area contributed by atoms with E-state index in [1.165, 1.54) is 0 Å².